The lowest BCUT2D eigenvalue weighted by molar-refractivity contribution is -0.136. The number of nitrogens with zero attached hydrogens (tertiary/aromatic N) is 1. The number of rotatable bonds is 4. The van der Waals surface area contributed by atoms with E-state index in [1.165, 1.54) is 6.07 Å². The summed E-state index contributed by atoms with van der Waals surface area (Å²) >= 11 is 0. The van der Waals surface area contributed by atoms with Gasteiger partial charge >= 0.3 is 11.8 Å². The summed E-state index contributed by atoms with van der Waals surface area (Å²) in [5.74, 6) is -1.53. The molecule has 0 atom stereocenters. The molecule has 0 radical (unpaired) electrons. The predicted octanol–water partition coefficient (Wildman–Crippen LogP) is -0.339. The molecule has 1 aliphatic rings. The van der Waals surface area contributed by atoms with E-state index in [0.29, 0.717) is 6.54 Å². The summed E-state index contributed by atoms with van der Waals surface area (Å²) in [5, 5.41) is 17.9. The molecule has 7 heteroatoms. The van der Waals surface area contributed by atoms with E-state index in [4.69, 9.17) is 0 Å². The summed E-state index contributed by atoms with van der Waals surface area (Å²) < 4.78 is 0. The molecule has 7 nitrogen and oxygen atoms in total. The largest absolute Gasteiger partial charge is 0.506 e. The van der Waals surface area contributed by atoms with Gasteiger partial charge in [-0.25, -0.2) is 0 Å². The summed E-state index contributed by atoms with van der Waals surface area (Å²) in [5.41, 5.74) is 1.10. The Morgan fingerprint density at radius 3 is 2.68 bits per heavy atom. The summed E-state index contributed by atoms with van der Waals surface area (Å²) in [6.45, 7) is 6.75. The lowest BCUT2D eigenvalue weighted by Crippen LogP contribution is -2.47. The molecule has 0 saturated carbocycles. The number of carbonyl (C=O) groups is 2. The van der Waals surface area contributed by atoms with Crippen LogP contribution in [0.3, 0.4) is 0 Å². The second-order valence-electron chi connectivity index (χ2n) is 5.32. The van der Waals surface area contributed by atoms with Crippen LogP contribution in [0.2, 0.25) is 0 Å². The van der Waals surface area contributed by atoms with Crippen LogP contribution in [0.4, 0.5) is 5.69 Å². The highest BCUT2D eigenvalue weighted by molar-refractivity contribution is 6.39. The molecule has 1 saturated heterocycles. The average molecular weight is 306 g/mol. The number of aromatic hydroxyl groups is 1. The van der Waals surface area contributed by atoms with E-state index < -0.39 is 11.8 Å². The van der Waals surface area contributed by atoms with Gasteiger partial charge < -0.3 is 21.1 Å². The third kappa shape index (κ3) is 4.71. The third-order valence-corrected chi connectivity index (χ3v) is 3.53. The Hall–Kier alpha value is -2.12. The minimum absolute atomic E-state index is 0.0537. The van der Waals surface area contributed by atoms with Crippen LogP contribution in [0.25, 0.3) is 0 Å². The van der Waals surface area contributed by atoms with Gasteiger partial charge in [-0.3, -0.25) is 14.5 Å². The normalized spacial score (nSPS) is 15.3. The molecule has 1 fully saturated rings. The van der Waals surface area contributed by atoms with Crippen LogP contribution < -0.4 is 16.0 Å². The standard InChI is InChI=1S/C15H22N4O3/c1-11-2-3-12(13(20)10-11)18-15(22)14(21)17-6-9-19-7-4-16-5-8-19/h2-3,10,16,20H,4-9H2,1H3,(H,17,21)(H,18,22). The summed E-state index contributed by atoms with van der Waals surface area (Å²) in [6.07, 6.45) is 0. The van der Waals surface area contributed by atoms with E-state index >= 15 is 0 Å². The zero-order valence-electron chi connectivity index (χ0n) is 12.7. The summed E-state index contributed by atoms with van der Waals surface area (Å²) in [6, 6.07) is 4.84. The van der Waals surface area contributed by atoms with Crippen molar-refractivity contribution in [2.75, 3.05) is 44.6 Å². The Bertz CT molecular complexity index is 542. The van der Waals surface area contributed by atoms with Gasteiger partial charge in [0.1, 0.15) is 5.75 Å². The lowest BCUT2D eigenvalue weighted by atomic mass is 10.2. The monoisotopic (exact) mass is 306 g/mol. The molecule has 0 unspecified atom stereocenters. The van der Waals surface area contributed by atoms with Crippen molar-refractivity contribution in [2.24, 2.45) is 0 Å². The van der Waals surface area contributed by atoms with Gasteiger partial charge in [0.15, 0.2) is 0 Å². The molecule has 120 valence electrons. The Labute approximate surface area is 129 Å². The first-order valence-corrected chi connectivity index (χ1v) is 7.38. The van der Waals surface area contributed by atoms with Gasteiger partial charge in [-0.1, -0.05) is 6.07 Å². The molecule has 22 heavy (non-hydrogen) atoms. The van der Waals surface area contributed by atoms with Crippen molar-refractivity contribution in [3.05, 3.63) is 23.8 Å². The number of phenols is 1. The van der Waals surface area contributed by atoms with Crippen molar-refractivity contribution >= 4 is 17.5 Å². The highest BCUT2D eigenvalue weighted by Gasteiger charge is 2.16. The van der Waals surface area contributed by atoms with Gasteiger partial charge in [0.05, 0.1) is 5.69 Å². The van der Waals surface area contributed by atoms with E-state index in [9.17, 15) is 14.7 Å². The molecule has 0 spiro atoms. The maximum Gasteiger partial charge on any atom is 0.313 e. The van der Waals surface area contributed by atoms with E-state index in [1.54, 1.807) is 12.1 Å². The number of hydrogen-bond acceptors (Lipinski definition) is 5. The highest BCUT2D eigenvalue weighted by atomic mass is 16.3. The van der Waals surface area contributed by atoms with Gasteiger partial charge in [0, 0.05) is 39.3 Å². The third-order valence-electron chi connectivity index (χ3n) is 3.53. The fraction of sp³-hybridized carbons (Fsp3) is 0.467. The van der Waals surface area contributed by atoms with Crippen molar-refractivity contribution in [1.82, 2.24) is 15.5 Å². The summed E-state index contributed by atoms with van der Waals surface area (Å²) in [4.78, 5) is 25.7. The lowest BCUT2D eigenvalue weighted by Gasteiger charge is -2.26. The van der Waals surface area contributed by atoms with E-state index in [2.05, 4.69) is 20.9 Å². The fourth-order valence-electron chi connectivity index (χ4n) is 2.27. The number of phenolic OH excluding ortho intramolecular Hbond substituents is 1. The molecule has 1 aliphatic heterocycles. The van der Waals surface area contributed by atoms with Crippen molar-refractivity contribution in [3.8, 4) is 5.75 Å². The van der Waals surface area contributed by atoms with Crippen LogP contribution >= 0.6 is 0 Å². The first-order chi connectivity index (χ1) is 10.6. The molecule has 2 amide bonds. The molecule has 4 N–H and O–H groups in total. The number of aryl methyl sites for hydroxylation is 1. The average Bonchev–Trinajstić information content (AvgIpc) is 2.51. The van der Waals surface area contributed by atoms with Gasteiger partial charge in [-0.2, -0.15) is 0 Å². The Morgan fingerprint density at radius 2 is 2.00 bits per heavy atom. The van der Waals surface area contributed by atoms with Gasteiger partial charge in [-0.15, -0.1) is 0 Å². The molecule has 0 aromatic heterocycles. The van der Waals surface area contributed by atoms with Crippen molar-refractivity contribution in [2.45, 2.75) is 6.92 Å². The maximum absolute atomic E-state index is 11.8. The number of nitrogens with one attached hydrogen (secondary N) is 3. The maximum atomic E-state index is 11.8. The molecule has 1 aromatic rings. The quantitative estimate of drug-likeness (QED) is 0.451. The summed E-state index contributed by atoms with van der Waals surface area (Å²) in [7, 11) is 0. The number of hydrogen-bond donors (Lipinski definition) is 4. The van der Waals surface area contributed by atoms with Crippen LogP contribution in [0, 0.1) is 6.92 Å². The number of piperazine rings is 1. The number of anilines is 1. The van der Waals surface area contributed by atoms with E-state index in [-0.39, 0.29) is 11.4 Å². The first kappa shape index (κ1) is 16.3. The molecule has 1 heterocycles. The highest BCUT2D eigenvalue weighted by Crippen LogP contribution is 2.23. The molecule has 1 aromatic carbocycles. The second kappa shape index (κ2) is 7.77. The van der Waals surface area contributed by atoms with Gasteiger partial charge in [0.2, 0.25) is 0 Å². The number of carbonyl (C=O) groups excluding carboxylic acids is 2. The molecule has 0 bridgehead atoms. The zero-order chi connectivity index (χ0) is 15.9. The predicted molar refractivity (Wildman–Crippen MR) is 83.8 cm³/mol. The van der Waals surface area contributed by atoms with Crippen LogP contribution in [0.1, 0.15) is 5.56 Å². The van der Waals surface area contributed by atoms with Crippen molar-refractivity contribution in [1.29, 1.82) is 0 Å². The number of amides is 2. The van der Waals surface area contributed by atoms with Crippen molar-refractivity contribution < 1.29 is 14.7 Å². The molecular formula is C15H22N4O3. The van der Waals surface area contributed by atoms with Crippen LogP contribution in [0.5, 0.6) is 5.75 Å². The van der Waals surface area contributed by atoms with E-state index in [0.717, 1.165) is 38.3 Å². The Balaban J connectivity index is 1.75. The Kier molecular flexibility index (Phi) is 5.74. The minimum Gasteiger partial charge on any atom is -0.506 e. The second-order valence-corrected chi connectivity index (χ2v) is 5.32. The van der Waals surface area contributed by atoms with Gasteiger partial charge in [0.25, 0.3) is 0 Å². The van der Waals surface area contributed by atoms with E-state index in [1.807, 2.05) is 6.92 Å². The first-order valence-electron chi connectivity index (χ1n) is 7.38. The van der Waals surface area contributed by atoms with Crippen LogP contribution in [-0.2, 0) is 9.59 Å². The van der Waals surface area contributed by atoms with Gasteiger partial charge in [-0.05, 0) is 24.6 Å². The SMILES string of the molecule is Cc1ccc(NC(=O)C(=O)NCCN2CCNCC2)c(O)c1. The smallest absolute Gasteiger partial charge is 0.313 e. The minimum atomic E-state index is -0.778. The van der Waals surface area contributed by atoms with Crippen LogP contribution in [0.15, 0.2) is 18.2 Å². The topological polar surface area (TPSA) is 93.7 Å². The molecular weight excluding hydrogens is 284 g/mol. The molecule has 0 aliphatic carbocycles. The number of benzene rings is 1. The van der Waals surface area contributed by atoms with Crippen molar-refractivity contribution in [3.63, 3.8) is 0 Å². The fourth-order valence-corrected chi connectivity index (χ4v) is 2.27. The van der Waals surface area contributed by atoms with Crippen LogP contribution in [-0.4, -0.2) is 61.1 Å². The Morgan fingerprint density at radius 1 is 1.27 bits per heavy atom. The zero-order valence-corrected chi connectivity index (χ0v) is 12.7. The molecule has 2 rings (SSSR count).